The molecule has 0 unspecified atom stereocenters. The minimum absolute atomic E-state index is 0.496. The average molecular weight is 213 g/mol. The lowest BCUT2D eigenvalue weighted by Gasteiger charge is -2.10. The zero-order chi connectivity index (χ0) is 10.6. The van der Waals surface area contributed by atoms with Crippen LogP contribution in [0.25, 0.3) is 0 Å². The van der Waals surface area contributed by atoms with Crippen molar-refractivity contribution in [2.24, 2.45) is 0 Å². The summed E-state index contributed by atoms with van der Waals surface area (Å²) in [7, 11) is 1.58. The van der Waals surface area contributed by atoms with Crippen molar-refractivity contribution < 1.29 is 9.53 Å². The normalized spacial score (nSPS) is 9.93. The van der Waals surface area contributed by atoms with Gasteiger partial charge in [0, 0.05) is 6.42 Å². The van der Waals surface area contributed by atoms with E-state index < -0.39 is 0 Å². The summed E-state index contributed by atoms with van der Waals surface area (Å²) >= 11 is 6.00. The molecular formula is C11H13ClO2. The molecule has 0 aliphatic heterocycles. The van der Waals surface area contributed by atoms with E-state index in [0.29, 0.717) is 23.6 Å². The Morgan fingerprint density at radius 2 is 2.21 bits per heavy atom. The van der Waals surface area contributed by atoms with Crippen LogP contribution in [0.1, 0.15) is 17.5 Å². The van der Waals surface area contributed by atoms with E-state index in [1.165, 1.54) is 0 Å². The van der Waals surface area contributed by atoms with Gasteiger partial charge in [0.25, 0.3) is 0 Å². The molecule has 3 heteroatoms. The van der Waals surface area contributed by atoms with Gasteiger partial charge in [0.2, 0.25) is 0 Å². The summed E-state index contributed by atoms with van der Waals surface area (Å²) in [5.41, 5.74) is 2.07. The fourth-order valence-electron chi connectivity index (χ4n) is 1.43. The third-order valence-electron chi connectivity index (χ3n) is 2.00. The second-order valence-electron chi connectivity index (χ2n) is 3.14. The van der Waals surface area contributed by atoms with Crippen LogP contribution in [0.15, 0.2) is 12.1 Å². The predicted molar refractivity (Wildman–Crippen MR) is 57.1 cm³/mol. The third kappa shape index (κ3) is 2.48. The van der Waals surface area contributed by atoms with Gasteiger partial charge in [0.05, 0.1) is 12.1 Å². The van der Waals surface area contributed by atoms with E-state index in [1.807, 2.05) is 19.1 Å². The molecule has 0 aromatic heterocycles. The molecule has 14 heavy (non-hydrogen) atoms. The minimum Gasteiger partial charge on any atom is -0.495 e. The van der Waals surface area contributed by atoms with E-state index in [-0.39, 0.29) is 0 Å². The van der Waals surface area contributed by atoms with Crippen molar-refractivity contribution in [2.45, 2.75) is 19.8 Å². The molecule has 0 aliphatic carbocycles. The van der Waals surface area contributed by atoms with Crippen LogP contribution in [-0.2, 0) is 11.2 Å². The van der Waals surface area contributed by atoms with Gasteiger partial charge >= 0.3 is 0 Å². The summed E-state index contributed by atoms with van der Waals surface area (Å²) in [5.74, 6) is 0.680. The van der Waals surface area contributed by atoms with Crippen LogP contribution in [-0.4, -0.2) is 13.4 Å². The smallest absolute Gasteiger partial charge is 0.140 e. The van der Waals surface area contributed by atoms with Gasteiger partial charge in [-0.05, 0) is 30.5 Å². The van der Waals surface area contributed by atoms with Crippen molar-refractivity contribution in [2.75, 3.05) is 7.11 Å². The molecule has 0 saturated carbocycles. The van der Waals surface area contributed by atoms with E-state index in [1.54, 1.807) is 7.11 Å². The maximum absolute atomic E-state index is 10.3. The van der Waals surface area contributed by atoms with Crippen molar-refractivity contribution in [1.29, 1.82) is 0 Å². The first-order chi connectivity index (χ1) is 6.69. The van der Waals surface area contributed by atoms with Crippen molar-refractivity contribution in [3.05, 3.63) is 28.3 Å². The second kappa shape index (κ2) is 5.01. The number of aryl methyl sites for hydroxylation is 2. The summed E-state index contributed by atoms with van der Waals surface area (Å²) in [6.45, 7) is 1.97. The molecule has 0 N–H and O–H groups in total. The van der Waals surface area contributed by atoms with Crippen LogP contribution in [0, 0.1) is 6.92 Å². The van der Waals surface area contributed by atoms with E-state index in [9.17, 15) is 4.79 Å². The van der Waals surface area contributed by atoms with Crippen LogP contribution in [0.5, 0.6) is 5.75 Å². The van der Waals surface area contributed by atoms with Gasteiger partial charge in [0.1, 0.15) is 12.0 Å². The van der Waals surface area contributed by atoms with E-state index in [0.717, 1.165) is 17.4 Å². The molecule has 0 spiro atoms. The quantitative estimate of drug-likeness (QED) is 0.718. The standard InChI is InChI=1S/C11H13ClO2/c1-8-6-9(4-3-5-13)11(14-2)10(12)7-8/h5-7H,3-4H2,1-2H3. The first kappa shape index (κ1) is 11.1. The summed E-state index contributed by atoms with van der Waals surface area (Å²) in [6, 6.07) is 3.85. The Labute approximate surface area is 88.8 Å². The second-order valence-corrected chi connectivity index (χ2v) is 3.55. The number of aldehydes is 1. The van der Waals surface area contributed by atoms with Gasteiger partial charge in [-0.2, -0.15) is 0 Å². The van der Waals surface area contributed by atoms with Crippen molar-refractivity contribution in [1.82, 2.24) is 0 Å². The van der Waals surface area contributed by atoms with Gasteiger partial charge in [-0.3, -0.25) is 0 Å². The Balaban J connectivity index is 3.04. The van der Waals surface area contributed by atoms with Crippen LogP contribution >= 0.6 is 11.6 Å². The molecule has 2 nitrogen and oxygen atoms in total. The van der Waals surface area contributed by atoms with Gasteiger partial charge in [-0.25, -0.2) is 0 Å². The van der Waals surface area contributed by atoms with Gasteiger partial charge in [-0.15, -0.1) is 0 Å². The Morgan fingerprint density at radius 1 is 1.50 bits per heavy atom. The largest absolute Gasteiger partial charge is 0.495 e. The fraction of sp³-hybridized carbons (Fsp3) is 0.364. The highest BCUT2D eigenvalue weighted by atomic mass is 35.5. The van der Waals surface area contributed by atoms with Gasteiger partial charge in [-0.1, -0.05) is 17.7 Å². The molecule has 0 atom stereocenters. The molecule has 0 bridgehead atoms. The Kier molecular flexibility index (Phi) is 3.96. The lowest BCUT2D eigenvalue weighted by Crippen LogP contribution is -1.95. The van der Waals surface area contributed by atoms with Crippen LogP contribution in [0.3, 0.4) is 0 Å². The fourth-order valence-corrected chi connectivity index (χ4v) is 1.80. The molecule has 1 aromatic carbocycles. The number of methoxy groups -OCH3 is 1. The highest BCUT2D eigenvalue weighted by Gasteiger charge is 2.08. The molecule has 0 amide bonds. The Morgan fingerprint density at radius 3 is 2.79 bits per heavy atom. The summed E-state index contributed by atoms with van der Waals surface area (Å²) in [6.07, 6.45) is 2.07. The van der Waals surface area contributed by atoms with E-state index in [4.69, 9.17) is 16.3 Å². The molecule has 1 rings (SSSR count). The van der Waals surface area contributed by atoms with E-state index >= 15 is 0 Å². The number of ether oxygens (including phenoxy) is 1. The number of benzene rings is 1. The Hall–Kier alpha value is -1.02. The van der Waals surface area contributed by atoms with Crippen LogP contribution < -0.4 is 4.74 Å². The number of carbonyl (C=O) groups excluding carboxylic acids is 1. The topological polar surface area (TPSA) is 26.3 Å². The Bertz CT molecular complexity index is 334. The summed E-state index contributed by atoms with van der Waals surface area (Å²) in [4.78, 5) is 10.3. The first-order valence-corrected chi connectivity index (χ1v) is 4.83. The predicted octanol–water partition coefficient (Wildman–Crippen LogP) is 2.79. The molecule has 0 fully saturated rings. The molecule has 0 radical (unpaired) electrons. The maximum Gasteiger partial charge on any atom is 0.140 e. The molecule has 0 aliphatic rings. The number of carbonyl (C=O) groups is 1. The monoisotopic (exact) mass is 212 g/mol. The highest BCUT2D eigenvalue weighted by molar-refractivity contribution is 6.32. The maximum atomic E-state index is 10.3. The lowest BCUT2D eigenvalue weighted by atomic mass is 10.1. The summed E-state index contributed by atoms with van der Waals surface area (Å²) < 4.78 is 5.18. The lowest BCUT2D eigenvalue weighted by molar-refractivity contribution is -0.107. The molecule has 0 heterocycles. The molecule has 0 saturated heterocycles. The minimum atomic E-state index is 0.496. The number of rotatable bonds is 4. The van der Waals surface area contributed by atoms with Gasteiger partial charge < -0.3 is 9.53 Å². The summed E-state index contributed by atoms with van der Waals surface area (Å²) in [5, 5.41) is 0.605. The third-order valence-corrected chi connectivity index (χ3v) is 2.28. The molecule has 76 valence electrons. The van der Waals surface area contributed by atoms with Crippen LogP contribution in [0.4, 0.5) is 0 Å². The first-order valence-electron chi connectivity index (χ1n) is 4.45. The van der Waals surface area contributed by atoms with E-state index in [2.05, 4.69) is 0 Å². The van der Waals surface area contributed by atoms with Crippen LogP contribution in [0.2, 0.25) is 5.02 Å². The zero-order valence-electron chi connectivity index (χ0n) is 8.34. The molecule has 1 aromatic rings. The zero-order valence-corrected chi connectivity index (χ0v) is 9.10. The van der Waals surface area contributed by atoms with Crippen molar-refractivity contribution >= 4 is 17.9 Å². The van der Waals surface area contributed by atoms with Gasteiger partial charge in [0.15, 0.2) is 0 Å². The van der Waals surface area contributed by atoms with Crippen molar-refractivity contribution in [3.63, 3.8) is 0 Å². The number of hydrogen-bond acceptors (Lipinski definition) is 2. The van der Waals surface area contributed by atoms with Crippen molar-refractivity contribution in [3.8, 4) is 5.75 Å². The molecular weight excluding hydrogens is 200 g/mol. The average Bonchev–Trinajstić information content (AvgIpc) is 2.14. The number of halogens is 1. The number of hydrogen-bond donors (Lipinski definition) is 0. The highest BCUT2D eigenvalue weighted by Crippen LogP contribution is 2.30. The SMILES string of the molecule is COc1c(Cl)cc(C)cc1CCC=O.